The van der Waals surface area contributed by atoms with Crippen LogP contribution < -0.4 is 11.1 Å². The van der Waals surface area contributed by atoms with Gasteiger partial charge in [-0.2, -0.15) is 0 Å². The van der Waals surface area contributed by atoms with Gasteiger partial charge in [0.25, 0.3) is 11.8 Å². The van der Waals surface area contributed by atoms with Crippen LogP contribution in [0.5, 0.6) is 0 Å². The molecular weight excluding hydrogens is 511 g/mol. The van der Waals surface area contributed by atoms with Crippen molar-refractivity contribution in [1.82, 2.24) is 25.5 Å². The zero-order valence-electron chi connectivity index (χ0n) is 21.4. The quantitative estimate of drug-likeness (QED) is 0.286. The van der Waals surface area contributed by atoms with Crippen LogP contribution in [-0.2, 0) is 16.4 Å². The maximum atomic E-state index is 14.8. The van der Waals surface area contributed by atoms with Gasteiger partial charge in [0.1, 0.15) is 5.82 Å². The van der Waals surface area contributed by atoms with Crippen LogP contribution in [0.2, 0.25) is 0 Å². The highest BCUT2D eigenvalue weighted by Crippen LogP contribution is 2.30. The van der Waals surface area contributed by atoms with E-state index in [1.54, 1.807) is 45.9 Å². The Morgan fingerprint density at radius 1 is 1.11 bits per heavy atom. The summed E-state index contributed by atoms with van der Waals surface area (Å²) < 4.78 is 45.3. The van der Waals surface area contributed by atoms with Gasteiger partial charge in [-0.3, -0.25) is 0 Å². The van der Waals surface area contributed by atoms with E-state index in [0.29, 0.717) is 29.9 Å². The van der Waals surface area contributed by atoms with Crippen molar-refractivity contribution < 1.29 is 22.3 Å². The summed E-state index contributed by atoms with van der Waals surface area (Å²) in [4.78, 5) is 8.85. The van der Waals surface area contributed by atoms with Crippen molar-refractivity contribution in [3.05, 3.63) is 60.0 Å². The Morgan fingerprint density at radius 3 is 2.42 bits per heavy atom. The molecule has 0 bridgehead atoms. The highest BCUT2D eigenvalue weighted by molar-refractivity contribution is 7.92. The van der Waals surface area contributed by atoms with E-state index in [9.17, 15) is 17.9 Å². The molecule has 0 radical (unpaired) electrons. The Kier molecular flexibility index (Phi) is 7.58. The lowest BCUT2D eigenvalue weighted by Crippen LogP contribution is -2.34. The third-order valence-corrected chi connectivity index (χ3v) is 7.85. The Labute approximate surface area is 220 Å². The Balaban J connectivity index is 1.57. The van der Waals surface area contributed by atoms with Gasteiger partial charge in [-0.15, -0.1) is 10.2 Å². The summed E-state index contributed by atoms with van der Waals surface area (Å²) in [5.41, 5.74) is 7.07. The van der Waals surface area contributed by atoms with Crippen LogP contribution in [0.15, 0.2) is 58.0 Å². The predicted molar refractivity (Wildman–Crippen MR) is 141 cm³/mol. The molecule has 4 rings (SSSR count). The molecule has 4 N–H and O–H groups in total. The number of halogens is 1. The fourth-order valence-electron chi connectivity index (χ4n) is 3.56. The van der Waals surface area contributed by atoms with E-state index in [1.165, 1.54) is 30.5 Å². The van der Waals surface area contributed by atoms with Crippen molar-refractivity contribution in [2.75, 3.05) is 12.3 Å². The maximum absolute atomic E-state index is 14.8. The minimum atomic E-state index is -3.41. The number of benzene rings is 2. The second-order valence-electron chi connectivity index (χ2n) is 9.75. The highest BCUT2D eigenvalue weighted by atomic mass is 32.2. The largest absolute Gasteiger partial charge is 0.414 e. The summed E-state index contributed by atoms with van der Waals surface area (Å²) in [5.74, 6) is -0.604. The van der Waals surface area contributed by atoms with Gasteiger partial charge >= 0.3 is 0 Å². The molecule has 0 amide bonds. The molecule has 10 nitrogen and oxygen atoms in total. The summed E-state index contributed by atoms with van der Waals surface area (Å²) in [6.07, 6.45) is 1.45. The number of hydrogen-bond donors (Lipinski definition) is 3. The summed E-state index contributed by atoms with van der Waals surface area (Å²) in [5, 5.41) is 20.2. The van der Waals surface area contributed by atoms with Gasteiger partial charge in [-0.25, -0.2) is 22.8 Å². The fraction of sp³-hybridized carbons (Fsp3) is 0.308. The van der Waals surface area contributed by atoms with Crippen molar-refractivity contribution in [3.8, 4) is 34.3 Å². The Bertz CT molecular complexity index is 1550. The number of aliphatic hydroxyl groups is 1. The van der Waals surface area contributed by atoms with Crippen LogP contribution in [0.4, 0.5) is 10.2 Å². The molecule has 0 spiro atoms. The molecular formula is C26H29FN6O4S. The molecule has 2 aromatic carbocycles. The number of nitrogens with one attached hydrogen (secondary N) is 1. The smallest absolute Gasteiger partial charge is 0.270 e. The Hall–Kier alpha value is -3.74. The van der Waals surface area contributed by atoms with Crippen molar-refractivity contribution in [3.63, 3.8) is 0 Å². The second kappa shape index (κ2) is 10.6. The number of anilines is 1. The molecule has 2 heterocycles. The van der Waals surface area contributed by atoms with E-state index < -0.39 is 26.5 Å². The van der Waals surface area contributed by atoms with Crippen LogP contribution >= 0.6 is 0 Å². The molecule has 38 heavy (non-hydrogen) atoms. The predicted octanol–water partition coefficient (Wildman–Crippen LogP) is 3.62. The molecule has 4 aromatic rings. The van der Waals surface area contributed by atoms with E-state index >= 15 is 0 Å². The van der Waals surface area contributed by atoms with Crippen molar-refractivity contribution >= 4 is 15.7 Å². The number of hydrogen-bond acceptors (Lipinski definition) is 10. The first kappa shape index (κ1) is 27.3. The number of rotatable bonds is 9. The van der Waals surface area contributed by atoms with Gasteiger partial charge < -0.3 is 20.6 Å². The van der Waals surface area contributed by atoms with Crippen molar-refractivity contribution in [2.45, 2.75) is 50.0 Å². The molecule has 200 valence electrons. The lowest BCUT2D eigenvalue weighted by molar-refractivity contribution is 0.0795. The van der Waals surface area contributed by atoms with Crippen LogP contribution in [0, 0.1) is 5.82 Å². The van der Waals surface area contributed by atoms with E-state index in [-0.39, 0.29) is 33.8 Å². The molecule has 2 aromatic heterocycles. The monoisotopic (exact) mass is 540 g/mol. The van der Waals surface area contributed by atoms with Crippen molar-refractivity contribution in [2.24, 2.45) is 0 Å². The van der Waals surface area contributed by atoms with E-state index in [0.717, 1.165) is 0 Å². The molecule has 0 atom stereocenters. The summed E-state index contributed by atoms with van der Waals surface area (Å²) >= 11 is 0. The molecule has 0 unspecified atom stereocenters. The SMILES string of the molecule is CC(C)S(=O)(=O)c1ccc(-c2cnc(N)c(-c3nnc(-c4ccc(CNCC(C)(C)O)cc4F)o3)n2)cc1. The summed E-state index contributed by atoms with van der Waals surface area (Å²) in [7, 11) is -3.41. The Morgan fingerprint density at radius 2 is 1.79 bits per heavy atom. The second-order valence-corrected chi connectivity index (χ2v) is 12.3. The summed E-state index contributed by atoms with van der Waals surface area (Å²) in [6.45, 7) is 7.33. The normalized spacial score (nSPS) is 12.3. The lowest BCUT2D eigenvalue weighted by Gasteiger charge is -2.17. The van der Waals surface area contributed by atoms with E-state index in [2.05, 4.69) is 25.5 Å². The van der Waals surface area contributed by atoms with E-state index in [4.69, 9.17) is 10.2 Å². The molecule has 0 aliphatic carbocycles. The number of sulfone groups is 1. The first-order valence-electron chi connectivity index (χ1n) is 11.9. The minimum Gasteiger partial charge on any atom is -0.414 e. The number of nitrogens with two attached hydrogens (primary N) is 1. The molecule has 0 saturated carbocycles. The molecule has 0 saturated heterocycles. The zero-order valence-corrected chi connectivity index (χ0v) is 22.3. The number of aromatic nitrogens is 4. The number of nitrogen functional groups attached to an aromatic ring is 1. The number of nitrogens with zero attached hydrogens (tertiary/aromatic N) is 4. The molecule has 12 heteroatoms. The molecule has 0 aliphatic rings. The van der Waals surface area contributed by atoms with Gasteiger partial charge in [-0.1, -0.05) is 18.2 Å². The topological polar surface area (TPSA) is 157 Å². The third kappa shape index (κ3) is 6.04. The van der Waals surface area contributed by atoms with E-state index in [1.807, 2.05) is 0 Å². The van der Waals surface area contributed by atoms with Gasteiger partial charge in [0.2, 0.25) is 0 Å². The third-order valence-electron chi connectivity index (χ3n) is 5.68. The van der Waals surface area contributed by atoms with Crippen LogP contribution in [0.25, 0.3) is 34.3 Å². The standard InChI is InChI=1S/C26H29FN6O4S/c1-15(2)38(35,36)18-8-6-17(7-9-18)21-13-30-23(28)22(31-21)25-33-32-24(37-25)19-10-5-16(11-20(19)27)12-29-14-26(3,4)34/h5-11,13,15,29,34H,12,14H2,1-4H3,(H2,28,30). The lowest BCUT2D eigenvalue weighted by atomic mass is 10.1. The highest BCUT2D eigenvalue weighted by Gasteiger charge is 2.21. The van der Waals surface area contributed by atoms with Gasteiger partial charge in [0.15, 0.2) is 21.3 Å². The molecule has 0 aliphatic heterocycles. The van der Waals surface area contributed by atoms with Gasteiger partial charge in [0, 0.05) is 18.7 Å². The first-order chi connectivity index (χ1) is 17.8. The molecule has 0 fully saturated rings. The van der Waals surface area contributed by atoms with Crippen LogP contribution in [-0.4, -0.2) is 51.1 Å². The van der Waals surface area contributed by atoms with Crippen LogP contribution in [0.3, 0.4) is 0 Å². The zero-order chi connectivity index (χ0) is 27.7. The average Bonchev–Trinajstić information content (AvgIpc) is 3.33. The first-order valence-corrected chi connectivity index (χ1v) is 13.4. The maximum Gasteiger partial charge on any atom is 0.270 e. The van der Waals surface area contributed by atoms with Crippen molar-refractivity contribution in [1.29, 1.82) is 0 Å². The van der Waals surface area contributed by atoms with Crippen LogP contribution in [0.1, 0.15) is 33.3 Å². The van der Waals surface area contributed by atoms with Gasteiger partial charge in [0.05, 0.1) is 33.2 Å². The average molecular weight is 541 g/mol. The summed E-state index contributed by atoms with van der Waals surface area (Å²) in [6, 6.07) is 10.9. The fourth-order valence-corrected chi connectivity index (χ4v) is 4.62. The minimum absolute atomic E-state index is 0.0386. The van der Waals surface area contributed by atoms with Gasteiger partial charge in [-0.05, 0) is 57.5 Å².